The van der Waals surface area contributed by atoms with Crippen LogP contribution in [0.2, 0.25) is 0 Å². The molecular weight excluding hydrogens is 356 g/mol. The Labute approximate surface area is 184 Å². The first-order valence-corrected chi connectivity index (χ1v) is 13.3. The molecule has 0 radical (unpaired) electrons. The van der Waals surface area contributed by atoms with Gasteiger partial charge in [-0.05, 0) is 25.2 Å². The van der Waals surface area contributed by atoms with Gasteiger partial charge in [0.2, 0.25) is 0 Å². The molecule has 2 atom stereocenters. The number of hydrogen-bond acceptors (Lipinski definition) is 2. The quantitative estimate of drug-likeness (QED) is 0.131. The fourth-order valence-electron chi connectivity index (χ4n) is 4.16. The van der Waals surface area contributed by atoms with Gasteiger partial charge in [-0.15, -0.1) is 0 Å². The predicted molar refractivity (Wildman–Crippen MR) is 128 cm³/mol. The molecular formula is C27H54O2. The van der Waals surface area contributed by atoms with Crippen molar-refractivity contribution >= 4 is 5.97 Å². The molecule has 2 heteroatoms. The van der Waals surface area contributed by atoms with Crippen LogP contribution in [0.15, 0.2) is 0 Å². The van der Waals surface area contributed by atoms with Crippen molar-refractivity contribution in [2.45, 2.75) is 150 Å². The molecule has 0 aliphatic carbocycles. The minimum atomic E-state index is 0.0207. The number of carbonyl (C=O) groups excluding carboxylic acids is 1. The predicted octanol–water partition coefficient (Wildman–Crippen LogP) is 9.25. The van der Waals surface area contributed by atoms with E-state index in [1.807, 2.05) is 6.92 Å². The normalized spacial score (nSPS) is 13.4. The first-order chi connectivity index (χ1) is 14.2. The number of hydrogen-bond donors (Lipinski definition) is 0. The second-order valence-electron chi connectivity index (χ2n) is 9.36. The van der Waals surface area contributed by atoms with E-state index in [9.17, 15) is 4.79 Å². The van der Waals surface area contributed by atoms with E-state index in [4.69, 9.17) is 4.74 Å². The number of unbranched alkanes of at least 4 members (excludes halogenated alkanes) is 13. The zero-order valence-corrected chi connectivity index (χ0v) is 20.6. The summed E-state index contributed by atoms with van der Waals surface area (Å²) in [6.45, 7) is 9.35. The zero-order valence-electron chi connectivity index (χ0n) is 20.6. The fraction of sp³-hybridized carbons (Fsp3) is 0.963. The van der Waals surface area contributed by atoms with Gasteiger partial charge in [0.1, 0.15) is 0 Å². The summed E-state index contributed by atoms with van der Waals surface area (Å²) in [6, 6.07) is 0. The Balaban J connectivity index is 4.05. The topological polar surface area (TPSA) is 26.3 Å². The average molecular weight is 411 g/mol. The highest BCUT2D eigenvalue weighted by Gasteiger charge is 2.16. The SMILES string of the molecule is CCCCCCCCCCC(CCCCCCCCC)COC(=O)C(C)CCC. The van der Waals surface area contributed by atoms with Crippen LogP contribution in [0.25, 0.3) is 0 Å². The van der Waals surface area contributed by atoms with E-state index in [-0.39, 0.29) is 11.9 Å². The van der Waals surface area contributed by atoms with Crippen molar-refractivity contribution in [1.29, 1.82) is 0 Å². The Morgan fingerprint density at radius 1 is 0.586 bits per heavy atom. The van der Waals surface area contributed by atoms with Crippen LogP contribution in [-0.4, -0.2) is 12.6 Å². The highest BCUT2D eigenvalue weighted by molar-refractivity contribution is 5.71. The Kier molecular flexibility index (Phi) is 21.8. The minimum absolute atomic E-state index is 0.0207. The lowest BCUT2D eigenvalue weighted by atomic mass is 9.94. The van der Waals surface area contributed by atoms with Gasteiger partial charge in [-0.25, -0.2) is 0 Å². The third kappa shape index (κ3) is 19.2. The molecule has 0 saturated carbocycles. The molecule has 0 aromatic heterocycles. The number of ether oxygens (including phenoxy) is 1. The van der Waals surface area contributed by atoms with Crippen molar-refractivity contribution < 1.29 is 9.53 Å². The summed E-state index contributed by atoms with van der Waals surface area (Å²) in [4.78, 5) is 12.2. The van der Waals surface area contributed by atoms with E-state index in [1.54, 1.807) is 0 Å². The summed E-state index contributed by atoms with van der Waals surface area (Å²) in [7, 11) is 0. The highest BCUT2D eigenvalue weighted by Crippen LogP contribution is 2.21. The smallest absolute Gasteiger partial charge is 0.308 e. The van der Waals surface area contributed by atoms with Gasteiger partial charge < -0.3 is 4.74 Å². The van der Waals surface area contributed by atoms with Crippen LogP contribution in [0.3, 0.4) is 0 Å². The molecule has 0 heterocycles. The van der Waals surface area contributed by atoms with Crippen molar-refractivity contribution in [3.8, 4) is 0 Å². The number of esters is 1. The number of rotatable bonds is 22. The summed E-state index contributed by atoms with van der Waals surface area (Å²) in [5.74, 6) is 0.651. The van der Waals surface area contributed by atoms with Crippen LogP contribution in [0, 0.1) is 11.8 Å². The summed E-state index contributed by atoms with van der Waals surface area (Å²) in [5, 5.41) is 0. The second-order valence-corrected chi connectivity index (χ2v) is 9.36. The van der Waals surface area contributed by atoms with Gasteiger partial charge in [-0.1, -0.05) is 130 Å². The molecule has 0 spiro atoms. The monoisotopic (exact) mass is 410 g/mol. The van der Waals surface area contributed by atoms with Crippen molar-refractivity contribution in [2.75, 3.05) is 6.61 Å². The van der Waals surface area contributed by atoms with Gasteiger partial charge >= 0.3 is 5.97 Å². The summed E-state index contributed by atoms with van der Waals surface area (Å²) < 4.78 is 5.71. The maximum Gasteiger partial charge on any atom is 0.308 e. The molecule has 0 bridgehead atoms. The molecule has 0 rings (SSSR count). The van der Waals surface area contributed by atoms with Gasteiger partial charge in [0.05, 0.1) is 12.5 Å². The van der Waals surface area contributed by atoms with Gasteiger partial charge in [-0.3, -0.25) is 4.79 Å². The summed E-state index contributed by atoms with van der Waals surface area (Å²) >= 11 is 0. The lowest BCUT2D eigenvalue weighted by Gasteiger charge is -2.19. The van der Waals surface area contributed by atoms with Crippen LogP contribution in [-0.2, 0) is 9.53 Å². The summed E-state index contributed by atoms with van der Waals surface area (Å²) in [5.41, 5.74) is 0. The number of carbonyl (C=O) groups is 1. The molecule has 2 unspecified atom stereocenters. The second kappa shape index (κ2) is 22.2. The van der Waals surface area contributed by atoms with Crippen LogP contribution >= 0.6 is 0 Å². The van der Waals surface area contributed by atoms with E-state index >= 15 is 0 Å². The Morgan fingerprint density at radius 2 is 1.00 bits per heavy atom. The zero-order chi connectivity index (χ0) is 21.6. The molecule has 0 aromatic carbocycles. The highest BCUT2D eigenvalue weighted by atomic mass is 16.5. The Hall–Kier alpha value is -0.530. The Bertz CT molecular complexity index is 339. The molecule has 0 aromatic rings. The van der Waals surface area contributed by atoms with E-state index in [2.05, 4.69) is 20.8 Å². The van der Waals surface area contributed by atoms with Gasteiger partial charge in [0.25, 0.3) is 0 Å². The first kappa shape index (κ1) is 28.5. The van der Waals surface area contributed by atoms with Crippen molar-refractivity contribution in [1.82, 2.24) is 0 Å². The van der Waals surface area contributed by atoms with E-state index in [0.29, 0.717) is 12.5 Å². The maximum atomic E-state index is 12.2. The standard InChI is InChI=1S/C27H54O2/c1-5-8-10-12-14-16-18-20-23-26(22-19-17-15-13-11-9-6-2)24-29-27(28)25(4)21-7-3/h25-26H,5-24H2,1-4H3. The van der Waals surface area contributed by atoms with Crippen molar-refractivity contribution in [3.63, 3.8) is 0 Å². The van der Waals surface area contributed by atoms with Crippen LogP contribution in [0.5, 0.6) is 0 Å². The first-order valence-electron chi connectivity index (χ1n) is 13.3. The maximum absolute atomic E-state index is 12.2. The van der Waals surface area contributed by atoms with Crippen LogP contribution in [0.4, 0.5) is 0 Å². The lowest BCUT2D eigenvalue weighted by Crippen LogP contribution is -2.19. The molecule has 2 nitrogen and oxygen atoms in total. The average Bonchev–Trinajstić information content (AvgIpc) is 2.72. The van der Waals surface area contributed by atoms with Crippen molar-refractivity contribution in [3.05, 3.63) is 0 Å². The molecule has 0 saturated heterocycles. The third-order valence-corrected chi connectivity index (χ3v) is 6.27. The van der Waals surface area contributed by atoms with Crippen LogP contribution in [0.1, 0.15) is 150 Å². The van der Waals surface area contributed by atoms with E-state index < -0.39 is 0 Å². The fourth-order valence-corrected chi connectivity index (χ4v) is 4.16. The molecule has 29 heavy (non-hydrogen) atoms. The van der Waals surface area contributed by atoms with Crippen LogP contribution < -0.4 is 0 Å². The molecule has 0 fully saturated rings. The minimum Gasteiger partial charge on any atom is -0.465 e. The van der Waals surface area contributed by atoms with E-state index in [1.165, 1.54) is 109 Å². The molecule has 0 amide bonds. The lowest BCUT2D eigenvalue weighted by molar-refractivity contribution is -0.149. The molecule has 0 aliphatic rings. The van der Waals surface area contributed by atoms with Gasteiger partial charge in [0.15, 0.2) is 0 Å². The molecule has 0 N–H and O–H groups in total. The largest absolute Gasteiger partial charge is 0.465 e. The summed E-state index contributed by atoms with van der Waals surface area (Å²) in [6.07, 6.45) is 24.9. The van der Waals surface area contributed by atoms with Crippen molar-refractivity contribution in [2.24, 2.45) is 11.8 Å². The Morgan fingerprint density at radius 3 is 1.41 bits per heavy atom. The van der Waals surface area contributed by atoms with E-state index in [0.717, 1.165) is 12.8 Å². The molecule has 174 valence electrons. The van der Waals surface area contributed by atoms with Gasteiger partial charge in [0, 0.05) is 0 Å². The third-order valence-electron chi connectivity index (χ3n) is 6.27. The van der Waals surface area contributed by atoms with Gasteiger partial charge in [-0.2, -0.15) is 0 Å². The molecule has 0 aliphatic heterocycles.